The number of rotatable bonds is 9. The van der Waals surface area contributed by atoms with Crippen LogP contribution in [0.2, 0.25) is 0 Å². The number of esters is 1. The van der Waals surface area contributed by atoms with Gasteiger partial charge in [-0.3, -0.25) is 9.59 Å². The summed E-state index contributed by atoms with van der Waals surface area (Å²) in [5.41, 5.74) is 1.14. The minimum atomic E-state index is -0.478. The van der Waals surface area contributed by atoms with Crippen LogP contribution in [0.5, 0.6) is 0 Å². The number of carbonyl (C=O) groups is 3. The highest BCUT2D eigenvalue weighted by Gasteiger charge is 2.31. The second-order valence-electron chi connectivity index (χ2n) is 6.76. The van der Waals surface area contributed by atoms with Gasteiger partial charge in [-0.1, -0.05) is 36.3 Å². The largest absolute Gasteiger partial charge is 0.469 e. The summed E-state index contributed by atoms with van der Waals surface area (Å²) in [5.74, 6) is 5.71. The monoisotopic (exact) mass is 400 g/mol. The molecule has 2 amide bonds. The van der Waals surface area contributed by atoms with Gasteiger partial charge in [0.05, 0.1) is 19.7 Å². The molecule has 1 heterocycles. The fraction of sp³-hybridized carbons (Fsp3) is 0.500. The lowest BCUT2D eigenvalue weighted by Gasteiger charge is -2.22. The van der Waals surface area contributed by atoms with Crippen molar-refractivity contribution in [3.63, 3.8) is 0 Å². The zero-order valence-electron chi connectivity index (χ0n) is 16.8. The molecule has 1 aromatic carbocycles. The third-order valence-electron chi connectivity index (χ3n) is 4.67. The molecule has 0 bridgehead atoms. The van der Waals surface area contributed by atoms with E-state index in [0.29, 0.717) is 45.2 Å². The third kappa shape index (κ3) is 8.26. The highest BCUT2D eigenvalue weighted by molar-refractivity contribution is 5.79. The maximum absolute atomic E-state index is 12.0. The van der Waals surface area contributed by atoms with Gasteiger partial charge in [-0.05, 0) is 24.8 Å². The molecule has 29 heavy (non-hydrogen) atoms. The van der Waals surface area contributed by atoms with Crippen LogP contribution in [0.25, 0.3) is 0 Å². The summed E-state index contributed by atoms with van der Waals surface area (Å²) >= 11 is 0. The zero-order chi connectivity index (χ0) is 20.9. The van der Waals surface area contributed by atoms with Gasteiger partial charge in [0.25, 0.3) is 0 Å². The normalized spacial score (nSPS) is 15.4. The van der Waals surface area contributed by atoms with Crippen LogP contribution < -0.4 is 5.32 Å². The van der Waals surface area contributed by atoms with Gasteiger partial charge in [0.15, 0.2) is 0 Å². The Kier molecular flexibility index (Phi) is 9.56. The van der Waals surface area contributed by atoms with Crippen molar-refractivity contribution in [3.8, 4) is 11.8 Å². The SMILES string of the molecule is COC(=O)CCCC#CCN1C(=O)CC[C@@H]1COC(=O)NCCc1ccccc1. The molecular weight excluding hydrogens is 372 g/mol. The maximum atomic E-state index is 12.0. The van der Waals surface area contributed by atoms with E-state index in [-0.39, 0.29) is 24.5 Å². The number of nitrogens with zero attached hydrogens (tertiary/aromatic N) is 1. The molecule has 156 valence electrons. The van der Waals surface area contributed by atoms with Crippen molar-refractivity contribution in [3.05, 3.63) is 35.9 Å². The van der Waals surface area contributed by atoms with Gasteiger partial charge < -0.3 is 19.7 Å². The number of nitrogens with one attached hydrogen (secondary N) is 1. The Morgan fingerprint density at radius 2 is 2.03 bits per heavy atom. The molecule has 2 rings (SSSR count). The smallest absolute Gasteiger partial charge is 0.407 e. The molecule has 1 saturated heterocycles. The number of amides is 2. The lowest BCUT2D eigenvalue weighted by molar-refractivity contribution is -0.140. The van der Waals surface area contributed by atoms with Crippen LogP contribution in [0, 0.1) is 11.8 Å². The van der Waals surface area contributed by atoms with Crippen molar-refractivity contribution in [2.24, 2.45) is 0 Å². The second kappa shape index (κ2) is 12.4. The molecule has 1 fully saturated rings. The van der Waals surface area contributed by atoms with E-state index < -0.39 is 6.09 Å². The van der Waals surface area contributed by atoms with Gasteiger partial charge in [0, 0.05) is 25.8 Å². The summed E-state index contributed by atoms with van der Waals surface area (Å²) in [6, 6.07) is 9.73. The number of methoxy groups -OCH3 is 1. The summed E-state index contributed by atoms with van der Waals surface area (Å²) in [5, 5.41) is 2.73. The predicted octanol–water partition coefficient (Wildman–Crippen LogP) is 2.29. The molecule has 0 aliphatic carbocycles. The van der Waals surface area contributed by atoms with Crippen LogP contribution in [-0.4, -0.2) is 55.7 Å². The molecule has 0 saturated carbocycles. The third-order valence-corrected chi connectivity index (χ3v) is 4.67. The van der Waals surface area contributed by atoms with E-state index in [1.807, 2.05) is 30.3 Å². The van der Waals surface area contributed by atoms with E-state index in [4.69, 9.17) is 4.74 Å². The van der Waals surface area contributed by atoms with Crippen molar-refractivity contribution in [1.82, 2.24) is 10.2 Å². The Labute approximate surface area is 171 Å². The maximum Gasteiger partial charge on any atom is 0.407 e. The molecule has 0 spiro atoms. The molecule has 0 unspecified atom stereocenters. The average Bonchev–Trinajstić information content (AvgIpc) is 3.09. The zero-order valence-corrected chi connectivity index (χ0v) is 16.8. The highest BCUT2D eigenvalue weighted by Crippen LogP contribution is 2.18. The average molecular weight is 400 g/mol. The molecule has 7 heteroatoms. The van der Waals surface area contributed by atoms with Crippen molar-refractivity contribution >= 4 is 18.0 Å². The number of hydrogen-bond acceptors (Lipinski definition) is 5. The first kappa shape index (κ1) is 22.3. The molecule has 1 atom stereocenters. The van der Waals surface area contributed by atoms with Crippen LogP contribution in [0.15, 0.2) is 30.3 Å². The fourth-order valence-electron chi connectivity index (χ4n) is 3.01. The van der Waals surface area contributed by atoms with E-state index >= 15 is 0 Å². The van der Waals surface area contributed by atoms with Crippen LogP contribution in [0.3, 0.4) is 0 Å². The minimum Gasteiger partial charge on any atom is -0.469 e. The minimum absolute atomic E-state index is 0.0203. The molecule has 1 aliphatic rings. The topological polar surface area (TPSA) is 84.9 Å². The number of alkyl carbamates (subject to hydrolysis) is 1. The Morgan fingerprint density at radius 1 is 1.24 bits per heavy atom. The van der Waals surface area contributed by atoms with Crippen molar-refractivity contribution in [2.45, 2.75) is 44.6 Å². The Balaban J connectivity index is 1.66. The summed E-state index contributed by atoms with van der Waals surface area (Å²) in [6.45, 7) is 0.959. The van der Waals surface area contributed by atoms with Gasteiger partial charge >= 0.3 is 12.1 Å². The summed E-state index contributed by atoms with van der Waals surface area (Å²) in [6.07, 6.45) is 2.88. The lowest BCUT2D eigenvalue weighted by Crippen LogP contribution is -2.38. The van der Waals surface area contributed by atoms with E-state index in [1.165, 1.54) is 7.11 Å². The summed E-state index contributed by atoms with van der Waals surface area (Å²) in [4.78, 5) is 36.6. The van der Waals surface area contributed by atoms with Crippen LogP contribution >= 0.6 is 0 Å². The first-order valence-electron chi connectivity index (χ1n) is 9.86. The second-order valence-corrected chi connectivity index (χ2v) is 6.76. The van der Waals surface area contributed by atoms with E-state index in [0.717, 1.165) is 12.0 Å². The first-order valence-corrected chi connectivity index (χ1v) is 9.86. The lowest BCUT2D eigenvalue weighted by atomic mass is 10.1. The van der Waals surface area contributed by atoms with Crippen LogP contribution in [-0.2, 0) is 25.5 Å². The van der Waals surface area contributed by atoms with E-state index in [2.05, 4.69) is 21.9 Å². The fourth-order valence-corrected chi connectivity index (χ4v) is 3.01. The molecule has 0 radical (unpaired) electrons. The molecule has 7 nitrogen and oxygen atoms in total. The standard InChI is InChI=1S/C22H28N2O5/c1-28-21(26)11-7-2-3-8-16-24-19(12-13-20(24)25)17-29-22(27)23-15-14-18-9-5-4-6-10-18/h4-6,9-10,19H,2,7,11-17H2,1H3,(H,23,27)/t19-/m1/s1. The Morgan fingerprint density at radius 3 is 2.79 bits per heavy atom. The summed E-state index contributed by atoms with van der Waals surface area (Å²) < 4.78 is 9.86. The molecule has 1 aliphatic heterocycles. The molecular formula is C22H28N2O5. The van der Waals surface area contributed by atoms with Gasteiger partial charge in [0.1, 0.15) is 6.61 Å². The van der Waals surface area contributed by atoms with Gasteiger partial charge in [-0.2, -0.15) is 0 Å². The molecule has 1 N–H and O–H groups in total. The number of carbonyl (C=O) groups excluding carboxylic acids is 3. The number of hydrogen-bond donors (Lipinski definition) is 1. The highest BCUT2D eigenvalue weighted by atomic mass is 16.5. The molecule has 0 aromatic heterocycles. The van der Waals surface area contributed by atoms with Crippen LogP contribution in [0.4, 0.5) is 4.79 Å². The van der Waals surface area contributed by atoms with Gasteiger partial charge in [-0.25, -0.2) is 4.79 Å². The van der Waals surface area contributed by atoms with Crippen molar-refractivity contribution in [2.75, 3.05) is 26.8 Å². The quantitative estimate of drug-likeness (QED) is 0.391. The number of benzene rings is 1. The van der Waals surface area contributed by atoms with E-state index in [9.17, 15) is 14.4 Å². The van der Waals surface area contributed by atoms with Gasteiger partial charge in [0.2, 0.25) is 5.91 Å². The van der Waals surface area contributed by atoms with Gasteiger partial charge in [-0.15, -0.1) is 5.92 Å². The Bertz CT molecular complexity index is 739. The van der Waals surface area contributed by atoms with E-state index in [1.54, 1.807) is 4.90 Å². The number of unbranched alkanes of at least 4 members (excludes halogenated alkanes) is 1. The first-order chi connectivity index (χ1) is 14.1. The Hall–Kier alpha value is -3.01. The molecule has 1 aromatic rings. The van der Waals surface area contributed by atoms with Crippen molar-refractivity contribution < 1.29 is 23.9 Å². The van der Waals surface area contributed by atoms with Crippen molar-refractivity contribution in [1.29, 1.82) is 0 Å². The number of likely N-dealkylation sites (tertiary alicyclic amines) is 1. The predicted molar refractivity (Wildman–Crippen MR) is 108 cm³/mol. The van der Waals surface area contributed by atoms with Crippen LogP contribution in [0.1, 0.15) is 37.7 Å². The summed E-state index contributed by atoms with van der Waals surface area (Å²) in [7, 11) is 1.36. The number of ether oxygens (including phenoxy) is 2.